The second-order valence-corrected chi connectivity index (χ2v) is 6.37. The molecule has 0 saturated carbocycles. The van der Waals surface area contributed by atoms with E-state index in [1.807, 2.05) is 24.3 Å². The maximum atomic E-state index is 13.4. The van der Waals surface area contributed by atoms with Crippen LogP contribution < -0.4 is 4.74 Å². The first-order chi connectivity index (χ1) is 12.1. The minimum atomic E-state index is -0.761. The van der Waals surface area contributed by atoms with Gasteiger partial charge in [0.1, 0.15) is 11.6 Å². The zero-order valence-corrected chi connectivity index (χ0v) is 14.2. The van der Waals surface area contributed by atoms with Gasteiger partial charge in [0.25, 0.3) is 0 Å². The van der Waals surface area contributed by atoms with Crippen LogP contribution in [0.15, 0.2) is 48.5 Å². The molecule has 5 heteroatoms. The first-order valence-electron chi connectivity index (χ1n) is 8.45. The van der Waals surface area contributed by atoms with Crippen molar-refractivity contribution in [2.24, 2.45) is 5.92 Å². The van der Waals surface area contributed by atoms with Gasteiger partial charge in [-0.15, -0.1) is 0 Å². The van der Waals surface area contributed by atoms with E-state index in [-0.39, 0.29) is 17.8 Å². The van der Waals surface area contributed by atoms with Crippen molar-refractivity contribution in [3.63, 3.8) is 0 Å². The van der Waals surface area contributed by atoms with Gasteiger partial charge in [-0.05, 0) is 43.1 Å². The fourth-order valence-electron chi connectivity index (χ4n) is 3.57. The van der Waals surface area contributed by atoms with E-state index in [1.165, 1.54) is 12.1 Å². The minimum absolute atomic E-state index is 0.168. The molecule has 4 nitrogen and oxygen atoms in total. The molecule has 1 aliphatic rings. The lowest BCUT2D eigenvalue weighted by Crippen LogP contribution is -2.41. The van der Waals surface area contributed by atoms with Gasteiger partial charge < -0.3 is 9.84 Å². The molecule has 1 N–H and O–H groups in total. The van der Waals surface area contributed by atoms with E-state index in [2.05, 4.69) is 4.90 Å². The second kappa shape index (κ2) is 7.66. The fourth-order valence-corrected chi connectivity index (χ4v) is 3.57. The van der Waals surface area contributed by atoms with E-state index >= 15 is 0 Å². The van der Waals surface area contributed by atoms with E-state index < -0.39 is 5.97 Å². The molecule has 0 spiro atoms. The molecule has 1 aliphatic heterocycles. The highest BCUT2D eigenvalue weighted by Gasteiger charge is 2.32. The monoisotopic (exact) mass is 343 g/mol. The first kappa shape index (κ1) is 17.4. The van der Waals surface area contributed by atoms with Crippen LogP contribution in [0.2, 0.25) is 0 Å². The Bertz CT molecular complexity index is 732. The first-order valence-corrected chi connectivity index (χ1v) is 8.45. The number of carboxylic acid groups (broad SMARTS) is 1. The Hall–Kier alpha value is -2.40. The zero-order chi connectivity index (χ0) is 17.8. The summed E-state index contributed by atoms with van der Waals surface area (Å²) >= 11 is 0. The number of hydrogen-bond donors (Lipinski definition) is 1. The van der Waals surface area contributed by atoms with Crippen LogP contribution in [0.4, 0.5) is 4.39 Å². The fraction of sp³-hybridized carbons (Fsp3) is 0.350. The van der Waals surface area contributed by atoms with Crippen LogP contribution >= 0.6 is 0 Å². The molecule has 0 bridgehead atoms. The van der Waals surface area contributed by atoms with E-state index in [4.69, 9.17) is 4.74 Å². The molecule has 0 radical (unpaired) electrons. The highest BCUT2D eigenvalue weighted by atomic mass is 19.1. The highest BCUT2D eigenvalue weighted by Crippen LogP contribution is 2.37. The lowest BCUT2D eigenvalue weighted by atomic mass is 9.91. The summed E-state index contributed by atoms with van der Waals surface area (Å²) in [5, 5.41) is 9.42. The van der Waals surface area contributed by atoms with Crippen molar-refractivity contribution in [3.05, 3.63) is 65.5 Å². The molecular formula is C20H22FNO3. The average Bonchev–Trinajstić information content (AvgIpc) is 2.64. The topological polar surface area (TPSA) is 49.8 Å². The number of likely N-dealkylation sites (tertiary alicyclic amines) is 1. The number of piperidine rings is 1. The normalized spacial score (nSPS) is 19.4. The number of ether oxygens (including phenoxy) is 1. The minimum Gasteiger partial charge on any atom is -0.496 e. The van der Waals surface area contributed by atoms with Crippen LogP contribution in [0, 0.1) is 11.7 Å². The van der Waals surface area contributed by atoms with Crippen LogP contribution in [-0.4, -0.2) is 36.2 Å². The predicted molar refractivity (Wildman–Crippen MR) is 93.2 cm³/mol. The molecule has 2 aromatic carbocycles. The number of hydrogen-bond acceptors (Lipinski definition) is 3. The summed E-state index contributed by atoms with van der Waals surface area (Å²) in [6.07, 6.45) is 1.51. The SMILES string of the molecule is COc1ccccc1C(c1ccc(F)cc1)N1CCCC(C(=O)O)C1. The van der Waals surface area contributed by atoms with Crippen molar-refractivity contribution in [1.82, 2.24) is 4.90 Å². The molecule has 3 rings (SSSR count). The number of para-hydroxylation sites is 1. The molecule has 2 aromatic rings. The molecule has 1 fully saturated rings. The maximum Gasteiger partial charge on any atom is 0.307 e. The Balaban J connectivity index is 2.02. The van der Waals surface area contributed by atoms with Crippen LogP contribution in [0.3, 0.4) is 0 Å². The third kappa shape index (κ3) is 3.82. The van der Waals surface area contributed by atoms with Gasteiger partial charge in [0.2, 0.25) is 0 Å². The lowest BCUT2D eigenvalue weighted by Gasteiger charge is -2.38. The van der Waals surface area contributed by atoms with Crippen molar-refractivity contribution in [2.45, 2.75) is 18.9 Å². The largest absolute Gasteiger partial charge is 0.496 e. The van der Waals surface area contributed by atoms with Crippen LogP contribution in [0.25, 0.3) is 0 Å². The van der Waals surface area contributed by atoms with Crippen molar-refractivity contribution >= 4 is 5.97 Å². The number of nitrogens with zero attached hydrogens (tertiary/aromatic N) is 1. The molecule has 1 heterocycles. The highest BCUT2D eigenvalue weighted by molar-refractivity contribution is 5.70. The van der Waals surface area contributed by atoms with Crippen LogP contribution in [0.5, 0.6) is 5.75 Å². The number of halogens is 1. The molecule has 2 unspecified atom stereocenters. The number of methoxy groups -OCH3 is 1. The Labute approximate surface area is 146 Å². The smallest absolute Gasteiger partial charge is 0.307 e. The summed E-state index contributed by atoms with van der Waals surface area (Å²) in [5.74, 6) is -0.687. The van der Waals surface area contributed by atoms with Gasteiger partial charge >= 0.3 is 5.97 Å². The maximum absolute atomic E-state index is 13.4. The molecule has 0 amide bonds. The Kier molecular flexibility index (Phi) is 5.34. The predicted octanol–water partition coefficient (Wildman–Crippen LogP) is 3.72. The third-order valence-electron chi connectivity index (χ3n) is 4.79. The van der Waals surface area contributed by atoms with Crippen molar-refractivity contribution < 1.29 is 19.0 Å². The average molecular weight is 343 g/mol. The zero-order valence-electron chi connectivity index (χ0n) is 14.2. The van der Waals surface area contributed by atoms with Gasteiger partial charge in [0.15, 0.2) is 0 Å². The standard InChI is InChI=1S/C20H22FNO3/c1-25-18-7-3-2-6-17(18)19(14-8-10-16(21)11-9-14)22-12-4-5-15(13-22)20(23)24/h2-3,6-11,15,19H,4-5,12-13H2,1H3,(H,23,24). The van der Waals surface area contributed by atoms with E-state index in [0.29, 0.717) is 13.0 Å². The van der Waals surface area contributed by atoms with Gasteiger partial charge in [-0.3, -0.25) is 9.69 Å². The number of benzene rings is 2. The van der Waals surface area contributed by atoms with Crippen molar-refractivity contribution in [3.8, 4) is 5.75 Å². The van der Waals surface area contributed by atoms with E-state index in [0.717, 1.165) is 29.8 Å². The summed E-state index contributed by atoms with van der Waals surface area (Å²) in [6.45, 7) is 1.26. The molecule has 0 aliphatic carbocycles. The summed E-state index contributed by atoms with van der Waals surface area (Å²) < 4.78 is 18.9. The molecular weight excluding hydrogens is 321 g/mol. The molecule has 0 aromatic heterocycles. The van der Waals surface area contributed by atoms with Gasteiger partial charge in [0, 0.05) is 12.1 Å². The number of carboxylic acids is 1. The molecule has 25 heavy (non-hydrogen) atoms. The third-order valence-corrected chi connectivity index (χ3v) is 4.79. The van der Waals surface area contributed by atoms with Gasteiger partial charge in [-0.25, -0.2) is 4.39 Å². The van der Waals surface area contributed by atoms with Gasteiger partial charge in [-0.2, -0.15) is 0 Å². The molecule has 132 valence electrons. The number of carbonyl (C=O) groups is 1. The van der Waals surface area contributed by atoms with E-state index in [1.54, 1.807) is 19.2 Å². The van der Waals surface area contributed by atoms with Gasteiger partial charge in [0.05, 0.1) is 19.1 Å². The van der Waals surface area contributed by atoms with Gasteiger partial charge in [-0.1, -0.05) is 30.3 Å². The Morgan fingerprint density at radius 3 is 2.64 bits per heavy atom. The van der Waals surface area contributed by atoms with Crippen LogP contribution in [0.1, 0.15) is 30.0 Å². The molecule has 1 saturated heterocycles. The van der Waals surface area contributed by atoms with Crippen molar-refractivity contribution in [1.29, 1.82) is 0 Å². The Morgan fingerprint density at radius 1 is 1.24 bits per heavy atom. The van der Waals surface area contributed by atoms with Crippen molar-refractivity contribution in [2.75, 3.05) is 20.2 Å². The lowest BCUT2D eigenvalue weighted by molar-refractivity contribution is -0.143. The Morgan fingerprint density at radius 2 is 1.96 bits per heavy atom. The number of rotatable bonds is 5. The summed E-state index contributed by atoms with van der Waals surface area (Å²) in [7, 11) is 1.62. The number of aliphatic carboxylic acids is 1. The summed E-state index contributed by atoms with van der Waals surface area (Å²) in [4.78, 5) is 13.6. The van der Waals surface area contributed by atoms with Crippen LogP contribution in [-0.2, 0) is 4.79 Å². The summed E-state index contributed by atoms with van der Waals surface area (Å²) in [5.41, 5.74) is 1.89. The van der Waals surface area contributed by atoms with E-state index in [9.17, 15) is 14.3 Å². The molecule has 2 atom stereocenters. The second-order valence-electron chi connectivity index (χ2n) is 6.37. The quantitative estimate of drug-likeness (QED) is 0.899. The summed E-state index contributed by atoms with van der Waals surface area (Å²) in [6, 6.07) is 14.0.